The number of fused-ring (bicyclic) bond motifs is 1. The second-order valence-corrected chi connectivity index (χ2v) is 9.85. The molecule has 0 aliphatic carbocycles. The van der Waals surface area contributed by atoms with Gasteiger partial charge in [0, 0.05) is 56.4 Å². The van der Waals surface area contributed by atoms with E-state index in [0.29, 0.717) is 55.7 Å². The summed E-state index contributed by atoms with van der Waals surface area (Å²) < 4.78 is 2.33. The minimum Gasteiger partial charge on any atom is -0.341 e. The molecule has 4 heterocycles. The van der Waals surface area contributed by atoms with Gasteiger partial charge in [0.1, 0.15) is 6.54 Å². The molecule has 37 heavy (non-hydrogen) atoms. The van der Waals surface area contributed by atoms with Crippen molar-refractivity contribution < 1.29 is 9.59 Å². The maximum atomic E-state index is 13.2. The van der Waals surface area contributed by atoms with Crippen molar-refractivity contribution in [3.05, 3.63) is 86.5 Å². The number of hydrogen-bond acceptors (Lipinski definition) is 5. The maximum absolute atomic E-state index is 13.2. The molecule has 0 bridgehead atoms. The summed E-state index contributed by atoms with van der Waals surface area (Å²) in [6, 6.07) is 11.7. The van der Waals surface area contributed by atoms with Crippen LogP contribution in [0.5, 0.6) is 0 Å². The fraction of sp³-hybridized carbons (Fsp3) is 0.393. The predicted octanol–water partition coefficient (Wildman–Crippen LogP) is 1.54. The topological polar surface area (TPSA) is 97.5 Å². The Morgan fingerprint density at radius 1 is 0.973 bits per heavy atom. The van der Waals surface area contributed by atoms with Crippen LogP contribution in [0.3, 0.4) is 0 Å². The lowest BCUT2D eigenvalue weighted by atomic mass is 10.0. The first-order chi connectivity index (χ1) is 17.8. The highest BCUT2D eigenvalue weighted by Gasteiger charge is 2.31. The third-order valence-corrected chi connectivity index (χ3v) is 7.62. The Morgan fingerprint density at radius 2 is 1.70 bits per heavy atom. The monoisotopic (exact) mass is 501 g/mol. The number of aromatic nitrogens is 3. The van der Waals surface area contributed by atoms with Gasteiger partial charge in [0.25, 0.3) is 5.56 Å². The Bertz CT molecular complexity index is 1470. The second-order valence-electron chi connectivity index (χ2n) is 9.85. The number of aryl methyl sites for hydroxylation is 1. The normalized spacial score (nSPS) is 16.4. The SMILES string of the molecule is Cc1ncccc1-c1cn(CC(=O)N2CCC(N3CCc4ccccc4CC3=O)CC2)c(=O)n(C)c1=O. The number of carbonyl (C=O) groups is 2. The van der Waals surface area contributed by atoms with E-state index in [-0.39, 0.29) is 24.4 Å². The van der Waals surface area contributed by atoms with E-state index in [1.807, 2.05) is 23.1 Å². The van der Waals surface area contributed by atoms with Crippen LogP contribution in [-0.2, 0) is 36.0 Å². The van der Waals surface area contributed by atoms with Gasteiger partial charge in [0.2, 0.25) is 11.8 Å². The fourth-order valence-corrected chi connectivity index (χ4v) is 5.46. The second kappa shape index (κ2) is 10.2. The first kappa shape index (κ1) is 24.7. The molecule has 1 aromatic carbocycles. The van der Waals surface area contributed by atoms with Crippen molar-refractivity contribution in [2.75, 3.05) is 19.6 Å². The van der Waals surface area contributed by atoms with E-state index in [4.69, 9.17) is 0 Å². The van der Waals surface area contributed by atoms with E-state index in [9.17, 15) is 19.2 Å². The minimum atomic E-state index is -0.534. The summed E-state index contributed by atoms with van der Waals surface area (Å²) in [7, 11) is 1.42. The first-order valence-corrected chi connectivity index (χ1v) is 12.7. The molecule has 9 heteroatoms. The van der Waals surface area contributed by atoms with Crippen molar-refractivity contribution in [3.8, 4) is 11.1 Å². The van der Waals surface area contributed by atoms with E-state index >= 15 is 0 Å². The van der Waals surface area contributed by atoms with Gasteiger partial charge in [-0.25, -0.2) is 4.79 Å². The zero-order valence-corrected chi connectivity index (χ0v) is 21.2. The van der Waals surface area contributed by atoms with Crippen LogP contribution in [0.15, 0.2) is 58.4 Å². The summed E-state index contributed by atoms with van der Waals surface area (Å²) in [5, 5.41) is 0. The predicted molar refractivity (Wildman–Crippen MR) is 139 cm³/mol. The van der Waals surface area contributed by atoms with Crippen LogP contribution in [0.1, 0.15) is 29.7 Å². The van der Waals surface area contributed by atoms with Gasteiger partial charge in [-0.05, 0) is 43.4 Å². The summed E-state index contributed by atoms with van der Waals surface area (Å²) in [5.74, 6) is -0.0349. The third-order valence-electron chi connectivity index (χ3n) is 7.62. The lowest BCUT2D eigenvalue weighted by Crippen LogP contribution is -2.50. The van der Waals surface area contributed by atoms with Crippen molar-refractivity contribution in [3.63, 3.8) is 0 Å². The number of hydrogen-bond donors (Lipinski definition) is 0. The lowest BCUT2D eigenvalue weighted by molar-refractivity contribution is -0.136. The van der Waals surface area contributed by atoms with E-state index in [2.05, 4.69) is 11.1 Å². The molecular formula is C28H31N5O4. The van der Waals surface area contributed by atoms with Crippen molar-refractivity contribution in [2.24, 2.45) is 7.05 Å². The average Bonchev–Trinajstić information content (AvgIpc) is 3.07. The zero-order valence-electron chi connectivity index (χ0n) is 21.2. The number of rotatable bonds is 4. The van der Waals surface area contributed by atoms with Gasteiger partial charge < -0.3 is 9.80 Å². The molecule has 2 aliphatic rings. The van der Waals surface area contributed by atoms with Crippen LogP contribution >= 0.6 is 0 Å². The summed E-state index contributed by atoms with van der Waals surface area (Å²) >= 11 is 0. The van der Waals surface area contributed by atoms with Gasteiger partial charge in [-0.15, -0.1) is 0 Å². The van der Waals surface area contributed by atoms with E-state index < -0.39 is 11.2 Å². The summed E-state index contributed by atoms with van der Waals surface area (Å²) in [6.07, 6.45) is 5.78. The van der Waals surface area contributed by atoms with E-state index in [0.717, 1.165) is 16.6 Å². The number of nitrogens with zero attached hydrogens (tertiary/aromatic N) is 5. The molecule has 2 amide bonds. The van der Waals surface area contributed by atoms with Crippen LogP contribution in [0.2, 0.25) is 0 Å². The maximum Gasteiger partial charge on any atom is 0.331 e. The van der Waals surface area contributed by atoms with E-state index in [1.54, 1.807) is 30.2 Å². The first-order valence-electron chi connectivity index (χ1n) is 12.7. The molecule has 0 unspecified atom stereocenters. The van der Waals surface area contributed by atoms with Crippen LogP contribution in [0.25, 0.3) is 11.1 Å². The Kier molecular flexibility index (Phi) is 6.78. The third kappa shape index (κ3) is 4.85. The van der Waals surface area contributed by atoms with Crippen molar-refractivity contribution >= 4 is 11.8 Å². The van der Waals surface area contributed by atoms with Gasteiger partial charge in [0.15, 0.2) is 0 Å². The van der Waals surface area contributed by atoms with Gasteiger partial charge >= 0.3 is 5.69 Å². The van der Waals surface area contributed by atoms with Crippen molar-refractivity contribution in [1.82, 2.24) is 23.9 Å². The molecule has 0 N–H and O–H groups in total. The summed E-state index contributed by atoms with van der Waals surface area (Å²) in [5.41, 5.74) is 3.02. The quantitative estimate of drug-likeness (QED) is 0.540. The highest BCUT2D eigenvalue weighted by molar-refractivity contribution is 5.80. The fourth-order valence-electron chi connectivity index (χ4n) is 5.46. The smallest absolute Gasteiger partial charge is 0.331 e. The molecule has 2 aliphatic heterocycles. The van der Waals surface area contributed by atoms with E-state index in [1.165, 1.54) is 23.4 Å². The molecule has 0 saturated carbocycles. The molecule has 0 radical (unpaired) electrons. The van der Waals surface area contributed by atoms with Crippen LogP contribution in [0.4, 0.5) is 0 Å². The van der Waals surface area contributed by atoms with Crippen LogP contribution in [-0.4, -0.2) is 61.4 Å². The molecule has 5 rings (SSSR count). The Balaban J connectivity index is 1.27. The standard InChI is InChI=1S/C28H31N5O4/c1-19-23(8-5-12-29-19)24-17-32(28(37)30(2)27(24)36)18-26(35)31-13-10-22(11-14-31)33-15-9-20-6-3-4-7-21(20)16-25(33)34/h3-8,12,17,22H,9-11,13-16,18H2,1-2H3. The molecule has 0 spiro atoms. The molecular weight excluding hydrogens is 470 g/mol. The Labute approximate surface area is 215 Å². The van der Waals surface area contributed by atoms with Crippen LogP contribution < -0.4 is 11.2 Å². The van der Waals surface area contributed by atoms with Crippen LogP contribution in [0, 0.1) is 6.92 Å². The van der Waals surface area contributed by atoms with Gasteiger partial charge in [0.05, 0.1) is 12.0 Å². The molecule has 1 fully saturated rings. The molecule has 2 aromatic heterocycles. The number of amides is 2. The molecule has 1 saturated heterocycles. The minimum absolute atomic E-state index is 0.103. The highest BCUT2D eigenvalue weighted by atomic mass is 16.2. The largest absolute Gasteiger partial charge is 0.341 e. The lowest BCUT2D eigenvalue weighted by Gasteiger charge is -2.38. The summed E-state index contributed by atoms with van der Waals surface area (Å²) in [4.78, 5) is 59.7. The highest BCUT2D eigenvalue weighted by Crippen LogP contribution is 2.23. The Hall–Kier alpha value is -4.01. The average molecular weight is 502 g/mol. The number of likely N-dealkylation sites (tertiary alicyclic amines) is 1. The Morgan fingerprint density at radius 3 is 2.43 bits per heavy atom. The number of pyridine rings is 1. The molecule has 192 valence electrons. The molecule has 3 aromatic rings. The van der Waals surface area contributed by atoms with Gasteiger partial charge in [-0.3, -0.25) is 28.5 Å². The van der Waals surface area contributed by atoms with Crippen molar-refractivity contribution in [1.29, 1.82) is 0 Å². The van der Waals surface area contributed by atoms with Gasteiger partial charge in [-0.1, -0.05) is 30.3 Å². The number of carbonyl (C=O) groups excluding carboxylic acids is 2. The summed E-state index contributed by atoms with van der Waals surface area (Å²) in [6.45, 7) is 3.39. The molecule has 0 atom stereocenters. The number of piperidine rings is 1. The molecule has 9 nitrogen and oxygen atoms in total. The zero-order chi connectivity index (χ0) is 26.1. The number of benzene rings is 1. The van der Waals surface area contributed by atoms with Gasteiger partial charge in [-0.2, -0.15) is 0 Å². The van der Waals surface area contributed by atoms with Crippen molar-refractivity contribution in [2.45, 2.75) is 45.2 Å².